The number of carbonyl (C=O) groups is 1. The van der Waals surface area contributed by atoms with Crippen molar-refractivity contribution in [3.8, 4) is 0 Å². The summed E-state index contributed by atoms with van der Waals surface area (Å²) < 4.78 is 0. The molecule has 122 valence electrons. The van der Waals surface area contributed by atoms with Gasteiger partial charge in [-0.25, -0.2) is 0 Å². The Balaban J connectivity index is 1.70. The minimum atomic E-state index is -0.195. The van der Waals surface area contributed by atoms with Crippen molar-refractivity contribution in [1.82, 2.24) is 15.2 Å². The molecule has 2 N–H and O–H groups in total. The van der Waals surface area contributed by atoms with Gasteiger partial charge in [-0.1, -0.05) is 53.5 Å². The van der Waals surface area contributed by atoms with Crippen LogP contribution in [0.3, 0.4) is 0 Å². The predicted octanol–water partition coefficient (Wildman–Crippen LogP) is 3.89. The fourth-order valence-electron chi connectivity index (χ4n) is 3.00. The lowest BCUT2D eigenvalue weighted by Gasteiger charge is -2.28. The zero-order valence-corrected chi connectivity index (χ0v) is 14.2. The van der Waals surface area contributed by atoms with Gasteiger partial charge in [0.05, 0.1) is 11.1 Å². The number of nitrogens with zero attached hydrogens (tertiary/aromatic N) is 1. The standard InChI is InChI=1S/C17H19Cl2N3O/c18-13-10-14(21-16(13)19)17(23)20-11-15(22-8-4-5-9-22)12-6-2-1-3-7-12/h1-3,6-7,10,15,21H,4-5,8-9,11H2,(H,20,23). The van der Waals surface area contributed by atoms with Crippen molar-refractivity contribution < 1.29 is 4.79 Å². The Morgan fingerprint density at radius 1 is 1.22 bits per heavy atom. The summed E-state index contributed by atoms with van der Waals surface area (Å²) in [6, 6.07) is 12.0. The summed E-state index contributed by atoms with van der Waals surface area (Å²) in [6.07, 6.45) is 2.41. The van der Waals surface area contributed by atoms with Gasteiger partial charge in [0.15, 0.2) is 0 Å². The summed E-state index contributed by atoms with van der Waals surface area (Å²) in [5.74, 6) is -0.195. The lowest BCUT2D eigenvalue weighted by molar-refractivity contribution is 0.0933. The molecule has 1 saturated heterocycles. The van der Waals surface area contributed by atoms with Gasteiger partial charge < -0.3 is 10.3 Å². The second kappa shape index (κ2) is 7.39. The van der Waals surface area contributed by atoms with Crippen LogP contribution >= 0.6 is 23.2 Å². The Kier molecular flexibility index (Phi) is 5.26. The molecule has 0 aliphatic carbocycles. The number of hydrogen-bond donors (Lipinski definition) is 2. The Hall–Kier alpha value is -1.49. The summed E-state index contributed by atoms with van der Waals surface area (Å²) in [5.41, 5.74) is 1.60. The summed E-state index contributed by atoms with van der Waals surface area (Å²) in [5, 5.41) is 3.63. The van der Waals surface area contributed by atoms with Gasteiger partial charge >= 0.3 is 0 Å². The molecule has 1 fully saturated rings. The van der Waals surface area contributed by atoms with Crippen molar-refractivity contribution in [2.45, 2.75) is 18.9 Å². The highest BCUT2D eigenvalue weighted by atomic mass is 35.5. The Morgan fingerprint density at radius 3 is 2.52 bits per heavy atom. The number of hydrogen-bond acceptors (Lipinski definition) is 2. The van der Waals surface area contributed by atoms with Crippen LogP contribution in [-0.4, -0.2) is 35.4 Å². The van der Waals surface area contributed by atoms with Gasteiger partial charge in [0, 0.05) is 6.54 Å². The first-order valence-electron chi connectivity index (χ1n) is 7.76. The molecule has 4 nitrogen and oxygen atoms in total. The quantitative estimate of drug-likeness (QED) is 0.858. The molecule has 6 heteroatoms. The molecule has 0 radical (unpaired) electrons. The molecule has 1 unspecified atom stereocenters. The lowest BCUT2D eigenvalue weighted by atomic mass is 10.1. The molecule has 0 bridgehead atoms. The van der Waals surface area contributed by atoms with Crippen LogP contribution in [0.4, 0.5) is 0 Å². The highest BCUT2D eigenvalue weighted by Gasteiger charge is 2.24. The van der Waals surface area contributed by atoms with Gasteiger partial charge in [0.25, 0.3) is 5.91 Å². The average Bonchev–Trinajstić information content (AvgIpc) is 3.19. The third kappa shape index (κ3) is 3.89. The molecule has 1 aromatic carbocycles. The van der Waals surface area contributed by atoms with E-state index in [-0.39, 0.29) is 17.1 Å². The summed E-state index contributed by atoms with van der Waals surface area (Å²) in [6.45, 7) is 2.68. The van der Waals surface area contributed by atoms with Gasteiger partial charge in [0.2, 0.25) is 0 Å². The second-order valence-corrected chi connectivity index (χ2v) is 6.51. The molecule has 3 rings (SSSR count). The van der Waals surface area contributed by atoms with Crippen LogP contribution in [0.2, 0.25) is 10.2 Å². The van der Waals surface area contributed by atoms with Crippen molar-refractivity contribution in [2.24, 2.45) is 0 Å². The van der Waals surface area contributed by atoms with E-state index in [4.69, 9.17) is 23.2 Å². The third-order valence-electron chi connectivity index (χ3n) is 4.19. The predicted molar refractivity (Wildman–Crippen MR) is 93.1 cm³/mol. The van der Waals surface area contributed by atoms with E-state index in [2.05, 4.69) is 27.3 Å². The molecule has 23 heavy (non-hydrogen) atoms. The third-order valence-corrected chi connectivity index (χ3v) is 4.88. The monoisotopic (exact) mass is 351 g/mol. The largest absolute Gasteiger partial charge is 0.349 e. The van der Waals surface area contributed by atoms with Crippen LogP contribution in [0.5, 0.6) is 0 Å². The van der Waals surface area contributed by atoms with Crippen molar-refractivity contribution in [2.75, 3.05) is 19.6 Å². The van der Waals surface area contributed by atoms with Gasteiger partial charge in [0.1, 0.15) is 10.8 Å². The van der Waals surface area contributed by atoms with E-state index in [0.29, 0.717) is 17.3 Å². The fraction of sp³-hybridized carbons (Fsp3) is 0.353. The fourth-order valence-corrected chi connectivity index (χ4v) is 3.31. The normalized spacial score (nSPS) is 16.4. The number of rotatable bonds is 5. The molecule has 0 saturated carbocycles. The molecule has 1 aromatic heterocycles. The van der Waals surface area contributed by atoms with E-state index in [1.807, 2.05) is 18.2 Å². The lowest BCUT2D eigenvalue weighted by Crippen LogP contribution is -2.36. The molecule has 1 aliphatic rings. The maximum absolute atomic E-state index is 12.3. The summed E-state index contributed by atoms with van der Waals surface area (Å²) >= 11 is 11.7. The minimum absolute atomic E-state index is 0.184. The topological polar surface area (TPSA) is 48.1 Å². The van der Waals surface area contributed by atoms with Gasteiger partial charge in [-0.15, -0.1) is 0 Å². The molecule has 2 aromatic rings. The first-order chi connectivity index (χ1) is 11.1. The van der Waals surface area contributed by atoms with E-state index >= 15 is 0 Å². The van der Waals surface area contributed by atoms with Crippen molar-refractivity contribution >= 4 is 29.1 Å². The maximum atomic E-state index is 12.3. The molecule has 0 spiro atoms. The van der Waals surface area contributed by atoms with Crippen molar-refractivity contribution in [3.05, 3.63) is 57.8 Å². The van der Waals surface area contributed by atoms with Crippen LogP contribution in [0.15, 0.2) is 36.4 Å². The number of amides is 1. The molecular formula is C17H19Cl2N3O. The zero-order valence-electron chi connectivity index (χ0n) is 12.7. The Morgan fingerprint density at radius 2 is 1.91 bits per heavy atom. The van der Waals surface area contributed by atoms with Crippen LogP contribution in [0, 0.1) is 0 Å². The number of carbonyl (C=O) groups excluding carboxylic acids is 1. The van der Waals surface area contributed by atoms with Crippen molar-refractivity contribution in [1.29, 1.82) is 0 Å². The van der Waals surface area contributed by atoms with Gasteiger partial charge in [-0.05, 0) is 37.6 Å². The van der Waals surface area contributed by atoms with Crippen LogP contribution in [0.25, 0.3) is 0 Å². The van der Waals surface area contributed by atoms with E-state index in [9.17, 15) is 4.79 Å². The van der Waals surface area contributed by atoms with Crippen LogP contribution in [-0.2, 0) is 0 Å². The first-order valence-corrected chi connectivity index (χ1v) is 8.52. The SMILES string of the molecule is O=C(NCC(c1ccccc1)N1CCCC1)c1cc(Cl)c(Cl)[nH]1. The summed E-state index contributed by atoms with van der Waals surface area (Å²) in [7, 11) is 0. The number of benzene rings is 1. The molecular weight excluding hydrogens is 333 g/mol. The highest BCUT2D eigenvalue weighted by molar-refractivity contribution is 6.41. The van der Waals surface area contributed by atoms with E-state index in [1.54, 1.807) is 6.07 Å². The number of H-pyrrole nitrogens is 1. The number of likely N-dealkylation sites (tertiary alicyclic amines) is 1. The van der Waals surface area contributed by atoms with E-state index < -0.39 is 0 Å². The first kappa shape index (κ1) is 16.4. The van der Waals surface area contributed by atoms with E-state index in [1.165, 1.54) is 18.4 Å². The number of aromatic nitrogens is 1. The maximum Gasteiger partial charge on any atom is 0.267 e. The van der Waals surface area contributed by atoms with Gasteiger partial charge in [-0.2, -0.15) is 0 Å². The molecule has 1 atom stereocenters. The highest BCUT2D eigenvalue weighted by Crippen LogP contribution is 2.25. The van der Waals surface area contributed by atoms with Crippen LogP contribution < -0.4 is 5.32 Å². The van der Waals surface area contributed by atoms with E-state index in [0.717, 1.165) is 13.1 Å². The zero-order chi connectivity index (χ0) is 16.2. The summed E-state index contributed by atoms with van der Waals surface area (Å²) in [4.78, 5) is 17.5. The molecule has 1 aliphatic heterocycles. The second-order valence-electron chi connectivity index (χ2n) is 5.72. The Labute approximate surface area is 145 Å². The van der Waals surface area contributed by atoms with Crippen LogP contribution in [0.1, 0.15) is 34.9 Å². The number of aromatic amines is 1. The van der Waals surface area contributed by atoms with Gasteiger partial charge in [-0.3, -0.25) is 9.69 Å². The average molecular weight is 352 g/mol. The minimum Gasteiger partial charge on any atom is -0.349 e. The number of nitrogens with one attached hydrogen (secondary N) is 2. The molecule has 2 heterocycles. The Bertz CT molecular complexity index is 646. The number of halogens is 2. The smallest absolute Gasteiger partial charge is 0.267 e. The van der Waals surface area contributed by atoms with Crippen molar-refractivity contribution in [3.63, 3.8) is 0 Å². The molecule has 1 amide bonds.